The average molecular weight is 632 g/mol. The first-order chi connectivity index (χ1) is 22.7. The van der Waals surface area contributed by atoms with Gasteiger partial charge in [-0.3, -0.25) is 0 Å². The van der Waals surface area contributed by atoms with Gasteiger partial charge in [-0.15, -0.1) is 0 Å². The minimum absolute atomic E-state index is 0.270. The number of nitrogens with zero attached hydrogens (tertiary/aromatic N) is 1. The molecule has 0 aliphatic heterocycles. The molecule has 0 amide bonds. The third-order valence-electron chi connectivity index (χ3n) is 9.81. The number of hydrogen-bond acceptors (Lipinski definition) is 4. The molecule has 248 valence electrons. The van der Waals surface area contributed by atoms with Crippen molar-refractivity contribution in [1.82, 2.24) is 4.90 Å². The second-order valence-electron chi connectivity index (χ2n) is 13.5. The third-order valence-corrected chi connectivity index (χ3v) is 9.81. The average Bonchev–Trinajstić information content (AvgIpc) is 3.32. The summed E-state index contributed by atoms with van der Waals surface area (Å²) in [5.74, 6) is -0.270. The lowest BCUT2D eigenvalue weighted by molar-refractivity contribution is 0.0525. The number of fused-ring (bicyclic) bond motifs is 3. The number of unbranched alkanes of at least 4 members (excludes halogenated alkanes) is 1. The van der Waals surface area contributed by atoms with Gasteiger partial charge >= 0.3 is 5.97 Å². The number of rotatable bonds is 15. The smallest absolute Gasteiger partial charge is 0.338 e. The van der Waals surface area contributed by atoms with Gasteiger partial charge < -0.3 is 14.4 Å². The van der Waals surface area contributed by atoms with Gasteiger partial charge in [0.25, 0.3) is 0 Å². The molecule has 0 saturated carbocycles. The zero-order valence-electron chi connectivity index (χ0n) is 29.7. The normalized spacial score (nSPS) is 13.1. The van der Waals surface area contributed by atoms with Crippen molar-refractivity contribution in [3.63, 3.8) is 0 Å². The Hall–Kier alpha value is -3.73. The Kier molecular flexibility index (Phi) is 11.4. The van der Waals surface area contributed by atoms with Crippen LogP contribution in [0.25, 0.3) is 11.1 Å². The molecular weight excluding hydrogens is 578 g/mol. The lowest BCUT2D eigenvalue weighted by atomic mass is 9.66. The fourth-order valence-electron chi connectivity index (χ4n) is 7.39. The number of esters is 1. The van der Waals surface area contributed by atoms with Crippen molar-refractivity contribution in [2.45, 2.75) is 79.1 Å². The highest BCUT2D eigenvalue weighted by atomic mass is 16.5. The fraction of sp³-hybridized carbons (Fsp3) is 0.419. The predicted octanol–water partition coefficient (Wildman–Crippen LogP) is 9.53. The Labute approximate surface area is 283 Å². The van der Waals surface area contributed by atoms with Crippen LogP contribution < -0.4 is 0 Å². The zero-order valence-corrected chi connectivity index (χ0v) is 29.7. The lowest BCUT2D eigenvalue weighted by Crippen LogP contribution is -2.29. The summed E-state index contributed by atoms with van der Waals surface area (Å²) in [7, 11) is 2.19. The van der Waals surface area contributed by atoms with Crippen LogP contribution in [0.4, 0.5) is 0 Å². The summed E-state index contributed by atoms with van der Waals surface area (Å²) < 4.78 is 11.5. The van der Waals surface area contributed by atoms with Crippen molar-refractivity contribution in [2.24, 2.45) is 0 Å². The molecule has 0 N–H and O–H groups in total. The van der Waals surface area contributed by atoms with Gasteiger partial charge in [-0.1, -0.05) is 84.8 Å². The van der Waals surface area contributed by atoms with E-state index in [0.717, 1.165) is 63.1 Å². The monoisotopic (exact) mass is 631 g/mol. The van der Waals surface area contributed by atoms with Gasteiger partial charge in [0.1, 0.15) is 0 Å². The highest BCUT2D eigenvalue weighted by molar-refractivity contribution is 5.93. The van der Waals surface area contributed by atoms with Gasteiger partial charge in [-0.05, 0) is 136 Å². The Morgan fingerprint density at radius 1 is 0.702 bits per heavy atom. The van der Waals surface area contributed by atoms with Gasteiger partial charge in [0.05, 0.1) is 17.6 Å². The van der Waals surface area contributed by atoms with E-state index in [2.05, 4.69) is 112 Å². The van der Waals surface area contributed by atoms with Crippen LogP contribution in [-0.2, 0) is 21.3 Å². The number of ether oxygens (including phenoxy) is 2. The molecule has 0 heterocycles. The first-order valence-electron chi connectivity index (χ1n) is 17.6. The zero-order chi connectivity index (χ0) is 33.6. The Morgan fingerprint density at radius 2 is 1.34 bits per heavy atom. The van der Waals surface area contributed by atoms with E-state index in [4.69, 9.17) is 9.47 Å². The van der Waals surface area contributed by atoms with Crippen LogP contribution in [-0.4, -0.2) is 50.8 Å². The number of carbonyl (C=O) groups excluding carboxylic acids is 1. The van der Waals surface area contributed by atoms with Crippen LogP contribution in [0, 0.1) is 27.7 Å². The summed E-state index contributed by atoms with van der Waals surface area (Å²) in [4.78, 5) is 15.6. The summed E-state index contributed by atoms with van der Waals surface area (Å²) in [6, 6.07) is 27.1. The molecular formula is C43H53NO3. The van der Waals surface area contributed by atoms with E-state index < -0.39 is 5.41 Å². The Balaban J connectivity index is 1.48. The number of benzene rings is 4. The molecule has 0 fully saturated rings. The minimum atomic E-state index is -0.569. The number of aryl methyl sites for hydroxylation is 5. The van der Waals surface area contributed by atoms with Crippen LogP contribution in [0.3, 0.4) is 0 Å². The first kappa shape index (κ1) is 34.6. The van der Waals surface area contributed by atoms with Crippen LogP contribution in [0.1, 0.15) is 100.0 Å². The summed E-state index contributed by atoms with van der Waals surface area (Å²) in [6.07, 6.45) is 5.49. The molecule has 4 aromatic rings. The Bertz CT molecular complexity index is 1650. The standard InChI is InChI=1S/C43H53NO3/c1-8-22-44(7)23-12-25-46-24-11-10-13-34-17-19-35(28-33(34)6)43(36-18-16-32(5)39(29-36)42(45)47-9-2)40-26-30(3)14-20-37(40)38-21-15-31(4)27-41(38)43/h14-21,26-29H,8-13,22-25H2,1-7H3. The van der Waals surface area contributed by atoms with Gasteiger partial charge in [-0.2, -0.15) is 0 Å². The molecule has 0 bridgehead atoms. The molecule has 0 radical (unpaired) electrons. The van der Waals surface area contributed by atoms with Crippen molar-refractivity contribution in [3.8, 4) is 11.1 Å². The summed E-state index contributed by atoms with van der Waals surface area (Å²) in [5.41, 5.74) is 13.5. The van der Waals surface area contributed by atoms with E-state index in [1.54, 1.807) is 0 Å². The quantitative estimate of drug-likeness (QED) is 0.0852. The van der Waals surface area contributed by atoms with Crippen molar-refractivity contribution in [1.29, 1.82) is 0 Å². The molecule has 1 aliphatic rings. The fourth-order valence-corrected chi connectivity index (χ4v) is 7.39. The molecule has 47 heavy (non-hydrogen) atoms. The van der Waals surface area contributed by atoms with E-state index in [0.29, 0.717) is 12.2 Å². The first-order valence-corrected chi connectivity index (χ1v) is 17.6. The maximum atomic E-state index is 13.2. The molecule has 5 rings (SSSR count). The van der Waals surface area contributed by atoms with E-state index in [-0.39, 0.29) is 5.97 Å². The minimum Gasteiger partial charge on any atom is -0.462 e. The van der Waals surface area contributed by atoms with E-state index in [9.17, 15) is 4.79 Å². The highest BCUT2D eigenvalue weighted by Gasteiger charge is 2.46. The topological polar surface area (TPSA) is 38.8 Å². The molecule has 0 saturated heterocycles. The summed E-state index contributed by atoms with van der Waals surface area (Å²) in [5, 5.41) is 0. The van der Waals surface area contributed by atoms with Crippen molar-refractivity contribution in [2.75, 3.05) is 40.0 Å². The van der Waals surface area contributed by atoms with E-state index >= 15 is 0 Å². The van der Waals surface area contributed by atoms with Gasteiger partial charge in [-0.25, -0.2) is 4.79 Å². The van der Waals surface area contributed by atoms with Crippen LogP contribution >= 0.6 is 0 Å². The van der Waals surface area contributed by atoms with Gasteiger partial charge in [0.15, 0.2) is 0 Å². The molecule has 0 atom stereocenters. The Morgan fingerprint density at radius 3 is 1.98 bits per heavy atom. The molecule has 4 aromatic carbocycles. The second kappa shape index (κ2) is 15.4. The van der Waals surface area contributed by atoms with Gasteiger partial charge in [0, 0.05) is 19.8 Å². The van der Waals surface area contributed by atoms with Crippen LogP contribution in [0.15, 0.2) is 72.8 Å². The van der Waals surface area contributed by atoms with Crippen molar-refractivity contribution < 1.29 is 14.3 Å². The molecule has 1 aliphatic carbocycles. The van der Waals surface area contributed by atoms with Crippen LogP contribution in [0.5, 0.6) is 0 Å². The predicted molar refractivity (Wildman–Crippen MR) is 195 cm³/mol. The van der Waals surface area contributed by atoms with Gasteiger partial charge in [0.2, 0.25) is 0 Å². The molecule has 0 unspecified atom stereocenters. The largest absolute Gasteiger partial charge is 0.462 e. The van der Waals surface area contributed by atoms with Crippen LogP contribution in [0.2, 0.25) is 0 Å². The second-order valence-corrected chi connectivity index (χ2v) is 13.5. The summed E-state index contributed by atoms with van der Waals surface area (Å²) >= 11 is 0. The maximum Gasteiger partial charge on any atom is 0.338 e. The van der Waals surface area contributed by atoms with E-state index in [1.807, 2.05) is 13.8 Å². The summed E-state index contributed by atoms with van der Waals surface area (Å²) in [6.45, 7) is 16.9. The highest BCUT2D eigenvalue weighted by Crippen LogP contribution is 2.57. The molecule has 0 spiro atoms. The van der Waals surface area contributed by atoms with Crippen molar-refractivity contribution in [3.05, 3.63) is 128 Å². The molecule has 4 nitrogen and oxygen atoms in total. The number of carbonyl (C=O) groups is 1. The number of hydrogen-bond donors (Lipinski definition) is 0. The SMILES string of the molecule is CCCN(C)CCCOCCCCc1ccc(C2(c3ccc(C)c(C(=O)OCC)c3)c3cc(C)ccc3-c3ccc(C)cc32)cc1C. The molecule has 4 heteroatoms. The molecule has 0 aromatic heterocycles. The maximum absolute atomic E-state index is 13.2. The van der Waals surface area contributed by atoms with E-state index in [1.165, 1.54) is 56.5 Å². The van der Waals surface area contributed by atoms with Crippen molar-refractivity contribution >= 4 is 5.97 Å². The third kappa shape index (κ3) is 7.24. The lowest BCUT2D eigenvalue weighted by Gasteiger charge is -2.35.